The largest absolute Gasteiger partial charge is 0.310 e. The third-order valence-electron chi connectivity index (χ3n) is 11.8. The van der Waals surface area contributed by atoms with Crippen LogP contribution >= 0.6 is 0 Å². The molecule has 0 aliphatic heterocycles. The SMILES string of the molecule is c1ccc(-c2ccc(N(c3ccc(-c4ccccc4-c4ccccc4)cc3)c3cccc(-c4cccc(-n5c6ccccc6c6ccc7ccccc7c65)c4)c3)cc2)cc1. The van der Waals surface area contributed by atoms with E-state index in [1.165, 1.54) is 66.0 Å². The zero-order valence-corrected chi connectivity index (χ0v) is 33.0. The van der Waals surface area contributed by atoms with Gasteiger partial charge in [-0.25, -0.2) is 0 Å². The topological polar surface area (TPSA) is 8.17 Å². The van der Waals surface area contributed by atoms with Gasteiger partial charge in [-0.05, 0) is 104 Å². The van der Waals surface area contributed by atoms with Crippen LogP contribution in [0.5, 0.6) is 0 Å². The first kappa shape index (κ1) is 35.2. The molecule has 0 amide bonds. The van der Waals surface area contributed by atoms with E-state index in [1.807, 2.05) is 0 Å². The summed E-state index contributed by atoms with van der Waals surface area (Å²) in [6.45, 7) is 0. The second-order valence-corrected chi connectivity index (χ2v) is 15.3. The fraction of sp³-hybridized carbons (Fsp3) is 0. The summed E-state index contributed by atoms with van der Waals surface area (Å²) in [5.41, 5.74) is 16.4. The van der Waals surface area contributed by atoms with Crippen molar-refractivity contribution in [3.8, 4) is 50.2 Å². The van der Waals surface area contributed by atoms with Gasteiger partial charge in [-0.15, -0.1) is 0 Å². The Kier molecular flexibility index (Phi) is 8.87. The van der Waals surface area contributed by atoms with Crippen molar-refractivity contribution in [2.75, 3.05) is 4.90 Å². The van der Waals surface area contributed by atoms with Crippen molar-refractivity contribution >= 4 is 49.6 Å². The molecule has 0 N–H and O–H groups in total. The second kappa shape index (κ2) is 15.1. The van der Waals surface area contributed by atoms with Gasteiger partial charge in [0.2, 0.25) is 0 Å². The number of nitrogens with zero attached hydrogens (tertiary/aromatic N) is 2. The molecule has 10 aromatic carbocycles. The quantitative estimate of drug-likeness (QED) is 0.150. The Labute approximate surface area is 350 Å². The van der Waals surface area contributed by atoms with Crippen molar-refractivity contribution in [1.29, 1.82) is 0 Å². The minimum atomic E-state index is 1.09. The van der Waals surface area contributed by atoms with E-state index < -0.39 is 0 Å². The van der Waals surface area contributed by atoms with Crippen LogP contribution in [0.15, 0.2) is 243 Å². The molecule has 1 aromatic heterocycles. The summed E-state index contributed by atoms with van der Waals surface area (Å²) in [5.74, 6) is 0. The Morgan fingerprint density at radius 1 is 0.283 bits per heavy atom. The predicted octanol–water partition coefficient (Wildman–Crippen LogP) is 16.1. The van der Waals surface area contributed by atoms with Crippen molar-refractivity contribution in [2.24, 2.45) is 0 Å². The van der Waals surface area contributed by atoms with Crippen molar-refractivity contribution in [3.63, 3.8) is 0 Å². The normalized spacial score (nSPS) is 11.3. The lowest BCUT2D eigenvalue weighted by Crippen LogP contribution is -2.10. The molecular weight excluding hydrogens is 725 g/mol. The first-order chi connectivity index (χ1) is 29.8. The van der Waals surface area contributed by atoms with Crippen LogP contribution in [0.2, 0.25) is 0 Å². The van der Waals surface area contributed by atoms with Crippen LogP contribution in [0.3, 0.4) is 0 Å². The van der Waals surface area contributed by atoms with E-state index in [2.05, 4.69) is 252 Å². The highest BCUT2D eigenvalue weighted by molar-refractivity contribution is 6.18. The molecule has 0 fully saturated rings. The number of rotatable bonds is 8. The maximum absolute atomic E-state index is 2.44. The Hall–Kier alpha value is -7.94. The zero-order chi connectivity index (χ0) is 39.8. The van der Waals surface area contributed by atoms with E-state index in [0.717, 1.165) is 33.9 Å². The summed E-state index contributed by atoms with van der Waals surface area (Å²) in [5, 5.41) is 5.01. The smallest absolute Gasteiger partial charge is 0.0619 e. The molecule has 2 heteroatoms. The third kappa shape index (κ3) is 6.32. The van der Waals surface area contributed by atoms with Crippen LogP contribution in [0.4, 0.5) is 17.1 Å². The van der Waals surface area contributed by atoms with E-state index in [9.17, 15) is 0 Å². The van der Waals surface area contributed by atoms with E-state index in [0.29, 0.717) is 0 Å². The predicted molar refractivity (Wildman–Crippen MR) is 255 cm³/mol. The summed E-state index contributed by atoms with van der Waals surface area (Å²) in [7, 11) is 0. The molecule has 0 unspecified atom stereocenters. The summed E-state index contributed by atoms with van der Waals surface area (Å²) in [4.78, 5) is 2.37. The fourth-order valence-corrected chi connectivity index (χ4v) is 8.92. The molecule has 60 heavy (non-hydrogen) atoms. The highest BCUT2D eigenvalue weighted by atomic mass is 15.1. The highest BCUT2D eigenvalue weighted by Crippen LogP contribution is 2.41. The number of hydrogen-bond donors (Lipinski definition) is 0. The molecule has 0 aliphatic rings. The van der Waals surface area contributed by atoms with Gasteiger partial charge in [0.15, 0.2) is 0 Å². The molecule has 282 valence electrons. The number of fused-ring (bicyclic) bond motifs is 5. The van der Waals surface area contributed by atoms with E-state index in [-0.39, 0.29) is 0 Å². The highest BCUT2D eigenvalue weighted by Gasteiger charge is 2.18. The second-order valence-electron chi connectivity index (χ2n) is 15.3. The average molecular weight is 765 g/mol. The van der Waals surface area contributed by atoms with Crippen molar-refractivity contribution < 1.29 is 0 Å². The molecule has 0 atom stereocenters. The third-order valence-corrected chi connectivity index (χ3v) is 11.8. The molecule has 0 aliphatic carbocycles. The first-order valence-corrected chi connectivity index (χ1v) is 20.6. The van der Waals surface area contributed by atoms with Crippen LogP contribution in [0, 0.1) is 0 Å². The maximum atomic E-state index is 2.44. The Morgan fingerprint density at radius 3 is 1.52 bits per heavy atom. The average Bonchev–Trinajstić information content (AvgIpc) is 3.68. The van der Waals surface area contributed by atoms with E-state index in [1.54, 1.807) is 0 Å². The van der Waals surface area contributed by atoms with E-state index in [4.69, 9.17) is 0 Å². The Morgan fingerprint density at radius 2 is 0.800 bits per heavy atom. The minimum absolute atomic E-state index is 1.09. The molecule has 11 rings (SSSR count). The number of anilines is 3. The first-order valence-electron chi connectivity index (χ1n) is 20.6. The molecule has 0 saturated heterocycles. The van der Waals surface area contributed by atoms with Crippen LogP contribution in [-0.4, -0.2) is 4.57 Å². The molecule has 0 saturated carbocycles. The monoisotopic (exact) mass is 764 g/mol. The van der Waals surface area contributed by atoms with Gasteiger partial charge >= 0.3 is 0 Å². The molecule has 0 radical (unpaired) electrons. The summed E-state index contributed by atoms with van der Waals surface area (Å²) in [6, 6.07) is 87.8. The van der Waals surface area contributed by atoms with Crippen LogP contribution < -0.4 is 4.90 Å². The molecule has 2 nitrogen and oxygen atoms in total. The Balaban J connectivity index is 1.02. The van der Waals surface area contributed by atoms with Gasteiger partial charge in [0.05, 0.1) is 11.0 Å². The van der Waals surface area contributed by atoms with Gasteiger partial charge in [0, 0.05) is 38.9 Å². The van der Waals surface area contributed by atoms with Crippen molar-refractivity contribution in [1.82, 2.24) is 4.57 Å². The number of hydrogen-bond acceptors (Lipinski definition) is 1. The number of aromatic nitrogens is 1. The van der Waals surface area contributed by atoms with Crippen LogP contribution in [0.25, 0.3) is 82.8 Å². The summed E-state index contributed by atoms with van der Waals surface area (Å²) < 4.78 is 2.44. The maximum Gasteiger partial charge on any atom is 0.0619 e. The lowest BCUT2D eigenvalue weighted by molar-refractivity contribution is 1.19. The van der Waals surface area contributed by atoms with Gasteiger partial charge in [-0.1, -0.05) is 188 Å². The molecule has 0 bridgehead atoms. The van der Waals surface area contributed by atoms with Crippen LogP contribution in [-0.2, 0) is 0 Å². The summed E-state index contributed by atoms with van der Waals surface area (Å²) >= 11 is 0. The molecule has 0 spiro atoms. The van der Waals surface area contributed by atoms with E-state index >= 15 is 0 Å². The van der Waals surface area contributed by atoms with Gasteiger partial charge < -0.3 is 9.47 Å². The number of benzene rings is 10. The molecule has 1 heterocycles. The summed E-state index contributed by atoms with van der Waals surface area (Å²) in [6.07, 6.45) is 0. The van der Waals surface area contributed by atoms with Crippen molar-refractivity contribution in [3.05, 3.63) is 243 Å². The van der Waals surface area contributed by atoms with Gasteiger partial charge in [0.25, 0.3) is 0 Å². The lowest BCUT2D eigenvalue weighted by atomic mass is 9.94. The zero-order valence-electron chi connectivity index (χ0n) is 33.0. The fourth-order valence-electron chi connectivity index (χ4n) is 8.92. The Bertz CT molecular complexity index is 3290. The van der Waals surface area contributed by atoms with Gasteiger partial charge in [0.1, 0.15) is 0 Å². The van der Waals surface area contributed by atoms with Crippen molar-refractivity contribution in [2.45, 2.75) is 0 Å². The van der Waals surface area contributed by atoms with Gasteiger partial charge in [-0.3, -0.25) is 0 Å². The minimum Gasteiger partial charge on any atom is -0.310 e. The lowest BCUT2D eigenvalue weighted by Gasteiger charge is -2.26. The van der Waals surface area contributed by atoms with Crippen LogP contribution in [0.1, 0.15) is 0 Å². The molecular formula is C58H40N2. The van der Waals surface area contributed by atoms with Gasteiger partial charge in [-0.2, -0.15) is 0 Å². The standard InChI is InChI=1S/C58H40N2/c1-3-15-41(16-4-1)42-29-34-48(35-30-42)59(49-36-31-45(32-37-49)53-25-10-9-24-52(53)43-17-5-2-6-18-43)50-22-13-20-46(39-50)47-21-14-23-51(40-47)60-57-28-12-11-27-55(57)56-38-33-44-19-7-8-26-54(44)58(56)60/h1-40H. The molecule has 11 aromatic rings. The number of para-hydroxylation sites is 1.